The number of rotatable bonds is 1. The van der Waals surface area contributed by atoms with Gasteiger partial charge in [-0.1, -0.05) is 25.7 Å². The number of amides is 2. The molecule has 0 atom stereocenters. The Labute approximate surface area is 115 Å². The van der Waals surface area contributed by atoms with Crippen molar-refractivity contribution >= 4 is 11.8 Å². The van der Waals surface area contributed by atoms with E-state index in [9.17, 15) is 9.59 Å². The normalized spacial score (nSPS) is 22.9. The number of carbonyl (C=O) groups excluding carboxylic acids is 2. The molecule has 5 nitrogen and oxygen atoms in total. The summed E-state index contributed by atoms with van der Waals surface area (Å²) in [5.74, 6) is -0.756. The number of hydrogen-bond acceptors (Lipinski definition) is 3. The van der Waals surface area contributed by atoms with Gasteiger partial charge in [0.2, 0.25) is 0 Å². The molecule has 0 aromatic carbocycles. The molecule has 19 heavy (non-hydrogen) atoms. The average molecular weight is 267 g/mol. The Bertz CT molecular complexity index is 317. The zero-order valence-electron chi connectivity index (χ0n) is 11.9. The standard InChI is InChI=1S/C14H25N3O2/c1-16-8-10-17(11-9-16)14(19)13(18)15-12-6-4-2-3-5-7-12/h12H,2-11H2,1H3,(H,15,18). The minimum atomic E-state index is -0.406. The van der Waals surface area contributed by atoms with E-state index in [1.165, 1.54) is 12.8 Å². The monoisotopic (exact) mass is 267 g/mol. The van der Waals surface area contributed by atoms with Crippen molar-refractivity contribution in [1.29, 1.82) is 0 Å². The molecule has 1 heterocycles. The second-order valence-electron chi connectivity index (χ2n) is 5.76. The summed E-state index contributed by atoms with van der Waals surface area (Å²) < 4.78 is 0. The van der Waals surface area contributed by atoms with Crippen LogP contribution in [0.5, 0.6) is 0 Å². The molecule has 0 unspecified atom stereocenters. The van der Waals surface area contributed by atoms with Crippen LogP contribution >= 0.6 is 0 Å². The van der Waals surface area contributed by atoms with Crippen LogP contribution < -0.4 is 5.32 Å². The average Bonchev–Trinajstić information content (AvgIpc) is 2.67. The largest absolute Gasteiger partial charge is 0.345 e. The van der Waals surface area contributed by atoms with Crippen LogP contribution in [-0.4, -0.2) is 60.9 Å². The van der Waals surface area contributed by atoms with Gasteiger partial charge in [-0.05, 0) is 19.9 Å². The molecule has 1 N–H and O–H groups in total. The smallest absolute Gasteiger partial charge is 0.311 e. The molecule has 1 aliphatic carbocycles. The number of nitrogens with zero attached hydrogens (tertiary/aromatic N) is 2. The van der Waals surface area contributed by atoms with Crippen LogP contribution in [0.3, 0.4) is 0 Å². The van der Waals surface area contributed by atoms with Crippen LogP contribution in [0.1, 0.15) is 38.5 Å². The molecule has 5 heteroatoms. The number of likely N-dealkylation sites (N-methyl/N-ethyl adjacent to an activating group) is 1. The molecule has 0 bridgehead atoms. The highest BCUT2D eigenvalue weighted by Gasteiger charge is 2.26. The molecule has 1 saturated carbocycles. The summed E-state index contributed by atoms with van der Waals surface area (Å²) in [4.78, 5) is 27.9. The first-order chi connectivity index (χ1) is 9.16. The van der Waals surface area contributed by atoms with Crippen molar-refractivity contribution in [2.24, 2.45) is 0 Å². The summed E-state index contributed by atoms with van der Waals surface area (Å²) in [6.07, 6.45) is 6.85. The molecule has 108 valence electrons. The summed E-state index contributed by atoms with van der Waals surface area (Å²) in [6, 6.07) is 0.200. The highest BCUT2D eigenvalue weighted by Crippen LogP contribution is 2.17. The highest BCUT2D eigenvalue weighted by atomic mass is 16.2. The van der Waals surface area contributed by atoms with E-state index < -0.39 is 5.91 Å². The summed E-state index contributed by atoms with van der Waals surface area (Å²) >= 11 is 0. The fourth-order valence-corrected chi connectivity index (χ4v) is 2.82. The molecule has 2 aliphatic rings. The van der Waals surface area contributed by atoms with E-state index in [1.807, 2.05) is 7.05 Å². The van der Waals surface area contributed by atoms with Gasteiger partial charge in [0.1, 0.15) is 0 Å². The maximum atomic E-state index is 12.1. The van der Waals surface area contributed by atoms with Crippen molar-refractivity contribution in [2.75, 3.05) is 33.2 Å². The Morgan fingerprint density at radius 2 is 1.53 bits per heavy atom. The van der Waals surface area contributed by atoms with Crippen molar-refractivity contribution < 1.29 is 9.59 Å². The molecule has 0 aromatic heterocycles. The lowest BCUT2D eigenvalue weighted by atomic mass is 10.1. The summed E-state index contributed by atoms with van der Waals surface area (Å²) in [5, 5.41) is 2.92. The van der Waals surface area contributed by atoms with Gasteiger partial charge in [-0.3, -0.25) is 9.59 Å². The second kappa shape index (κ2) is 6.89. The molecule has 2 amide bonds. The lowest BCUT2D eigenvalue weighted by molar-refractivity contribution is -0.147. The van der Waals surface area contributed by atoms with Crippen molar-refractivity contribution in [1.82, 2.24) is 15.1 Å². The molecule has 2 fully saturated rings. The fraction of sp³-hybridized carbons (Fsp3) is 0.857. The highest BCUT2D eigenvalue weighted by molar-refractivity contribution is 6.35. The summed E-state index contributed by atoms with van der Waals surface area (Å²) in [5.41, 5.74) is 0. The molecule has 1 aliphatic heterocycles. The van der Waals surface area contributed by atoms with Crippen LogP contribution in [-0.2, 0) is 9.59 Å². The van der Waals surface area contributed by atoms with Crippen molar-refractivity contribution in [3.05, 3.63) is 0 Å². The van der Waals surface area contributed by atoms with E-state index in [4.69, 9.17) is 0 Å². The Balaban J connectivity index is 1.79. The van der Waals surface area contributed by atoms with E-state index in [-0.39, 0.29) is 11.9 Å². The Kier molecular flexibility index (Phi) is 5.19. The first kappa shape index (κ1) is 14.3. The number of hydrogen-bond donors (Lipinski definition) is 1. The summed E-state index contributed by atoms with van der Waals surface area (Å²) in [7, 11) is 2.04. The van der Waals surface area contributed by atoms with Gasteiger partial charge in [-0.25, -0.2) is 0 Å². The van der Waals surface area contributed by atoms with Gasteiger partial charge >= 0.3 is 11.8 Å². The van der Waals surface area contributed by atoms with Gasteiger partial charge in [0.25, 0.3) is 0 Å². The lowest BCUT2D eigenvalue weighted by Gasteiger charge is -2.32. The minimum absolute atomic E-state index is 0.200. The van der Waals surface area contributed by atoms with Crippen LogP contribution in [0.2, 0.25) is 0 Å². The first-order valence-electron chi connectivity index (χ1n) is 7.45. The second-order valence-corrected chi connectivity index (χ2v) is 5.76. The Morgan fingerprint density at radius 3 is 2.11 bits per heavy atom. The Morgan fingerprint density at radius 1 is 0.947 bits per heavy atom. The van der Waals surface area contributed by atoms with Gasteiger partial charge in [-0.2, -0.15) is 0 Å². The van der Waals surface area contributed by atoms with Crippen molar-refractivity contribution in [3.8, 4) is 0 Å². The van der Waals surface area contributed by atoms with Gasteiger partial charge < -0.3 is 15.1 Å². The van der Waals surface area contributed by atoms with E-state index in [1.54, 1.807) is 4.90 Å². The predicted octanol–water partition coefficient (Wildman–Crippen LogP) is 0.599. The zero-order valence-corrected chi connectivity index (χ0v) is 11.9. The van der Waals surface area contributed by atoms with Crippen LogP contribution in [0, 0.1) is 0 Å². The van der Waals surface area contributed by atoms with Crippen LogP contribution in [0.25, 0.3) is 0 Å². The van der Waals surface area contributed by atoms with E-state index >= 15 is 0 Å². The number of carbonyl (C=O) groups is 2. The quantitative estimate of drug-likeness (QED) is 0.559. The fourth-order valence-electron chi connectivity index (χ4n) is 2.82. The van der Waals surface area contributed by atoms with Gasteiger partial charge in [-0.15, -0.1) is 0 Å². The van der Waals surface area contributed by atoms with E-state index in [0.717, 1.165) is 38.8 Å². The molecule has 0 aromatic rings. The maximum absolute atomic E-state index is 12.1. The first-order valence-corrected chi connectivity index (χ1v) is 7.45. The summed E-state index contributed by atoms with van der Waals surface area (Å²) in [6.45, 7) is 3.02. The number of nitrogens with one attached hydrogen (secondary N) is 1. The molecule has 0 radical (unpaired) electrons. The molecule has 0 spiro atoms. The molecular formula is C14H25N3O2. The maximum Gasteiger partial charge on any atom is 0.311 e. The molecule has 1 saturated heterocycles. The van der Waals surface area contributed by atoms with E-state index in [0.29, 0.717) is 13.1 Å². The van der Waals surface area contributed by atoms with Gasteiger partial charge in [0, 0.05) is 32.2 Å². The molecular weight excluding hydrogens is 242 g/mol. The van der Waals surface area contributed by atoms with Gasteiger partial charge in [0.05, 0.1) is 0 Å². The van der Waals surface area contributed by atoms with Gasteiger partial charge in [0.15, 0.2) is 0 Å². The SMILES string of the molecule is CN1CCN(C(=O)C(=O)NC2CCCCCC2)CC1. The Hall–Kier alpha value is -1.10. The van der Waals surface area contributed by atoms with Crippen molar-refractivity contribution in [2.45, 2.75) is 44.6 Å². The third-order valence-corrected chi connectivity index (χ3v) is 4.18. The topological polar surface area (TPSA) is 52.7 Å². The zero-order chi connectivity index (χ0) is 13.7. The van der Waals surface area contributed by atoms with Crippen LogP contribution in [0.15, 0.2) is 0 Å². The lowest BCUT2D eigenvalue weighted by Crippen LogP contribution is -2.52. The van der Waals surface area contributed by atoms with Crippen molar-refractivity contribution in [3.63, 3.8) is 0 Å². The van der Waals surface area contributed by atoms with Crippen LogP contribution in [0.4, 0.5) is 0 Å². The van der Waals surface area contributed by atoms with E-state index in [2.05, 4.69) is 10.2 Å². The number of piperazine rings is 1. The third-order valence-electron chi connectivity index (χ3n) is 4.18. The minimum Gasteiger partial charge on any atom is -0.345 e. The third kappa shape index (κ3) is 4.20. The predicted molar refractivity (Wildman–Crippen MR) is 73.7 cm³/mol. The molecule has 2 rings (SSSR count).